The largest absolute Gasteiger partial charge is 0.311 e. The van der Waals surface area contributed by atoms with Crippen LogP contribution in [-0.4, -0.2) is 37.3 Å². The maximum absolute atomic E-state index is 12.3. The predicted octanol–water partition coefficient (Wildman–Crippen LogP) is 1.82. The maximum atomic E-state index is 12.3. The summed E-state index contributed by atoms with van der Waals surface area (Å²) in [6.07, 6.45) is 0.630. The number of nitrogens with one attached hydrogen (secondary N) is 1. The van der Waals surface area contributed by atoms with Crippen LogP contribution < -0.4 is 5.32 Å². The average molecular weight is 222 g/mol. The van der Waals surface area contributed by atoms with Crippen LogP contribution in [0.25, 0.3) is 0 Å². The van der Waals surface area contributed by atoms with Gasteiger partial charge in [0.05, 0.1) is 6.67 Å². The van der Waals surface area contributed by atoms with Crippen LogP contribution in [0.1, 0.15) is 12.0 Å². The van der Waals surface area contributed by atoms with Gasteiger partial charge in [0.25, 0.3) is 0 Å². The molecule has 1 unspecified atom stereocenters. The van der Waals surface area contributed by atoms with Crippen LogP contribution in [0.5, 0.6) is 0 Å². The molecule has 0 aliphatic carbocycles. The van der Waals surface area contributed by atoms with Gasteiger partial charge in [-0.15, -0.1) is 0 Å². The van der Waals surface area contributed by atoms with Gasteiger partial charge in [-0.1, -0.05) is 30.3 Å². The van der Waals surface area contributed by atoms with E-state index in [1.165, 1.54) is 5.56 Å². The topological polar surface area (TPSA) is 15.3 Å². The first-order valence-electron chi connectivity index (χ1n) is 5.94. The van der Waals surface area contributed by atoms with Crippen LogP contribution in [0, 0.1) is 0 Å². The Morgan fingerprint density at radius 1 is 1.31 bits per heavy atom. The van der Waals surface area contributed by atoms with Crippen LogP contribution in [0.4, 0.5) is 4.39 Å². The second-order valence-corrected chi connectivity index (χ2v) is 4.35. The average Bonchev–Trinajstić information content (AvgIpc) is 2.31. The highest BCUT2D eigenvalue weighted by Gasteiger charge is 2.18. The highest BCUT2D eigenvalue weighted by molar-refractivity contribution is 5.14. The van der Waals surface area contributed by atoms with Crippen molar-refractivity contribution in [1.29, 1.82) is 0 Å². The standard InChI is InChI=1S/C13H19FN2/c14-7-6-13-11-16(9-8-15-13)10-12-4-2-1-3-5-12/h1-5,13,15H,6-11H2. The van der Waals surface area contributed by atoms with Crippen molar-refractivity contribution in [3.63, 3.8) is 0 Å². The fourth-order valence-electron chi connectivity index (χ4n) is 2.20. The minimum atomic E-state index is -0.225. The number of nitrogens with zero attached hydrogens (tertiary/aromatic N) is 1. The molecule has 3 heteroatoms. The lowest BCUT2D eigenvalue weighted by Crippen LogP contribution is -2.50. The molecular formula is C13H19FN2. The summed E-state index contributed by atoms with van der Waals surface area (Å²) in [6.45, 7) is 3.73. The highest BCUT2D eigenvalue weighted by Crippen LogP contribution is 2.08. The monoisotopic (exact) mass is 222 g/mol. The Bertz CT molecular complexity index is 300. The molecule has 0 aromatic heterocycles. The van der Waals surface area contributed by atoms with E-state index in [9.17, 15) is 4.39 Å². The number of benzene rings is 1. The number of hydrogen-bond acceptors (Lipinski definition) is 2. The van der Waals surface area contributed by atoms with E-state index in [1.807, 2.05) is 6.07 Å². The number of hydrogen-bond donors (Lipinski definition) is 1. The molecule has 1 heterocycles. The van der Waals surface area contributed by atoms with E-state index in [0.717, 1.165) is 26.2 Å². The van der Waals surface area contributed by atoms with Crippen molar-refractivity contribution in [2.45, 2.75) is 19.0 Å². The number of halogens is 1. The molecule has 0 spiro atoms. The van der Waals surface area contributed by atoms with E-state index in [0.29, 0.717) is 12.5 Å². The van der Waals surface area contributed by atoms with E-state index in [4.69, 9.17) is 0 Å². The van der Waals surface area contributed by atoms with Crippen molar-refractivity contribution in [3.8, 4) is 0 Å². The number of piperazine rings is 1. The SMILES string of the molecule is FCCC1CN(Cc2ccccc2)CCN1. The summed E-state index contributed by atoms with van der Waals surface area (Å²) in [6, 6.07) is 10.8. The van der Waals surface area contributed by atoms with Crippen molar-refractivity contribution < 1.29 is 4.39 Å². The zero-order chi connectivity index (χ0) is 11.2. The molecule has 1 fully saturated rings. The first-order chi connectivity index (χ1) is 7.88. The second kappa shape index (κ2) is 5.97. The smallest absolute Gasteiger partial charge is 0.0909 e. The summed E-state index contributed by atoms with van der Waals surface area (Å²) in [4.78, 5) is 2.40. The predicted molar refractivity (Wildman–Crippen MR) is 64.1 cm³/mol. The van der Waals surface area contributed by atoms with Gasteiger partial charge >= 0.3 is 0 Å². The van der Waals surface area contributed by atoms with Gasteiger partial charge < -0.3 is 5.32 Å². The molecule has 88 valence electrons. The normalized spacial score (nSPS) is 22.2. The van der Waals surface area contributed by atoms with Gasteiger partial charge in [0.2, 0.25) is 0 Å². The molecular weight excluding hydrogens is 203 g/mol. The summed E-state index contributed by atoms with van der Waals surface area (Å²) in [7, 11) is 0. The Morgan fingerprint density at radius 3 is 2.88 bits per heavy atom. The van der Waals surface area contributed by atoms with Crippen molar-refractivity contribution in [3.05, 3.63) is 35.9 Å². The molecule has 1 aromatic carbocycles. The number of alkyl halides is 1. The van der Waals surface area contributed by atoms with E-state index in [2.05, 4.69) is 34.5 Å². The van der Waals surface area contributed by atoms with Crippen LogP contribution in [-0.2, 0) is 6.54 Å². The summed E-state index contributed by atoms with van der Waals surface area (Å²) < 4.78 is 12.3. The molecule has 16 heavy (non-hydrogen) atoms. The summed E-state index contributed by atoms with van der Waals surface area (Å²) in [5, 5.41) is 3.35. The lowest BCUT2D eigenvalue weighted by atomic mass is 10.1. The molecule has 1 aliphatic rings. The van der Waals surface area contributed by atoms with Crippen molar-refractivity contribution >= 4 is 0 Å². The summed E-state index contributed by atoms with van der Waals surface area (Å²) in [5.41, 5.74) is 1.34. The number of rotatable bonds is 4. The fraction of sp³-hybridized carbons (Fsp3) is 0.538. The third-order valence-corrected chi connectivity index (χ3v) is 3.05. The lowest BCUT2D eigenvalue weighted by molar-refractivity contribution is 0.182. The molecule has 1 aromatic rings. The maximum Gasteiger partial charge on any atom is 0.0909 e. The van der Waals surface area contributed by atoms with Gasteiger partial charge in [-0.25, -0.2) is 0 Å². The highest BCUT2D eigenvalue weighted by atomic mass is 19.1. The Kier molecular flexibility index (Phi) is 4.31. The fourth-order valence-corrected chi connectivity index (χ4v) is 2.20. The van der Waals surface area contributed by atoms with E-state index in [-0.39, 0.29) is 6.67 Å². The molecule has 0 bridgehead atoms. The van der Waals surface area contributed by atoms with Crippen LogP contribution in [0.2, 0.25) is 0 Å². The van der Waals surface area contributed by atoms with Gasteiger partial charge in [0.1, 0.15) is 0 Å². The summed E-state index contributed by atoms with van der Waals surface area (Å²) in [5.74, 6) is 0. The van der Waals surface area contributed by atoms with E-state index in [1.54, 1.807) is 0 Å². The zero-order valence-electron chi connectivity index (χ0n) is 9.53. The molecule has 2 rings (SSSR count). The third kappa shape index (κ3) is 3.29. The molecule has 1 atom stereocenters. The van der Waals surface area contributed by atoms with Crippen LogP contribution in [0.3, 0.4) is 0 Å². The van der Waals surface area contributed by atoms with Gasteiger partial charge in [0, 0.05) is 32.2 Å². The van der Waals surface area contributed by atoms with Crippen LogP contribution in [0.15, 0.2) is 30.3 Å². The molecule has 0 saturated carbocycles. The Morgan fingerprint density at radius 2 is 2.12 bits per heavy atom. The van der Waals surface area contributed by atoms with Gasteiger partial charge in [-0.05, 0) is 12.0 Å². The van der Waals surface area contributed by atoms with Gasteiger partial charge in [-0.3, -0.25) is 9.29 Å². The Balaban J connectivity index is 1.85. The minimum Gasteiger partial charge on any atom is -0.311 e. The molecule has 1 saturated heterocycles. The van der Waals surface area contributed by atoms with Crippen molar-refractivity contribution in [2.75, 3.05) is 26.3 Å². The molecule has 0 radical (unpaired) electrons. The first kappa shape index (κ1) is 11.6. The molecule has 2 nitrogen and oxygen atoms in total. The first-order valence-corrected chi connectivity index (χ1v) is 5.94. The Hall–Kier alpha value is -0.930. The van der Waals surface area contributed by atoms with Crippen LogP contribution >= 0.6 is 0 Å². The van der Waals surface area contributed by atoms with Gasteiger partial charge in [0.15, 0.2) is 0 Å². The molecule has 1 N–H and O–H groups in total. The molecule has 1 aliphatic heterocycles. The van der Waals surface area contributed by atoms with Gasteiger partial charge in [-0.2, -0.15) is 0 Å². The minimum absolute atomic E-state index is 0.225. The zero-order valence-corrected chi connectivity index (χ0v) is 9.53. The summed E-state index contributed by atoms with van der Waals surface area (Å²) >= 11 is 0. The van der Waals surface area contributed by atoms with Crippen molar-refractivity contribution in [1.82, 2.24) is 10.2 Å². The van der Waals surface area contributed by atoms with E-state index >= 15 is 0 Å². The lowest BCUT2D eigenvalue weighted by Gasteiger charge is -2.33. The second-order valence-electron chi connectivity index (χ2n) is 4.35. The Labute approximate surface area is 96.5 Å². The third-order valence-electron chi connectivity index (χ3n) is 3.05. The van der Waals surface area contributed by atoms with E-state index < -0.39 is 0 Å². The molecule has 0 amide bonds. The van der Waals surface area contributed by atoms with Crippen molar-refractivity contribution in [2.24, 2.45) is 0 Å². The quantitative estimate of drug-likeness (QED) is 0.836.